The van der Waals surface area contributed by atoms with Crippen molar-refractivity contribution in [3.05, 3.63) is 72.3 Å². The van der Waals surface area contributed by atoms with Gasteiger partial charge in [0.15, 0.2) is 0 Å². The Labute approximate surface area is 165 Å². The number of amides is 1. The van der Waals surface area contributed by atoms with Crippen molar-refractivity contribution < 1.29 is 19.1 Å². The molecule has 0 radical (unpaired) electrons. The number of ether oxygens (including phenoxy) is 2. The number of alkyl carbamates (subject to hydrolysis) is 1. The first-order chi connectivity index (χ1) is 13.3. The number of nitrogens with one attached hydrogen (secondary N) is 1. The quantitative estimate of drug-likeness (QED) is 0.596. The van der Waals surface area contributed by atoms with Crippen LogP contribution in [0.3, 0.4) is 0 Å². The molecule has 2 aromatic carbocycles. The van der Waals surface area contributed by atoms with Crippen LogP contribution < -0.4 is 5.32 Å². The fourth-order valence-corrected chi connectivity index (χ4v) is 3.27. The average Bonchev–Trinajstić information content (AvgIpc) is 3.00. The van der Waals surface area contributed by atoms with Crippen LogP contribution in [0.5, 0.6) is 0 Å². The lowest BCUT2D eigenvalue weighted by atomic mass is 9.98. The van der Waals surface area contributed by atoms with E-state index in [9.17, 15) is 9.59 Å². The lowest BCUT2D eigenvalue weighted by molar-refractivity contribution is -0.154. The van der Waals surface area contributed by atoms with Crippen molar-refractivity contribution >= 4 is 12.1 Å². The van der Waals surface area contributed by atoms with Crippen LogP contribution in [-0.2, 0) is 14.3 Å². The third kappa shape index (κ3) is 4.09. The van der Waals surface area contributed by atoms with Gasteiger partial charge >= 0.3 is 12.1 Å². The van der Waals surface area contributed by atoms with E-state index < -0.39 is 23.7 Å². The number of fused-ring (bicyclic) bond motifs is 3. The Hall–Kier alpha value is -3.08. The maximum absolute atomic E-state index is 12.2. The van der Waals surface area contributed by atoms with E-state index in [2.05, 4.69) is 36.2 Å². The molecule has 1 atom stereocenters. The molecule has 0 saturated heterocycles. The average molecular weight is 379 g/mol. The van der Waals surface area contributed by atoms with Gasteiger partial charge in [0.25, 0.3) is 0 Å². The number of carbonyl (C=O) groups excluding carboxylic acids is 2. The fourth-order valence-electron chi connectivity index (χ4n) is 3.27. The lowest BCUT2D eigenvalue weighted by Crippen LogP contribution is -2.42. The van der Waals surface area contributed by atoms with Gasteiger partial charge in [0.2, 0.25) is 0 Å². The molecule has 0 saturated carbocycles. The number of carbonyl (C=O) groups is 2. The molecule has 0 unspecified atom stereocenters. The molecular weight excluding hydrogens is 354 g/mol. The summed E-state index contributed by atoms with van der Waals surface area (Å²) in [7, 11) is 0. The molecule has 0 heterocycles. The summed E-state index contributed by atoms with van der Waals surface area (Å²) in [6, 6.07) is 15.4. The highest BCUT2D eigenvalue weighted by Crippen LogP contribution is 2.44. The van der Waals surface area contributed by atoms with Gasteiger partial charge < -0.3 is 14.8 Å². The first-order valence-electron chi connectivity index (χ1n) is 9.30. The van der Waals surface area contributed by atoms with E-state index in [1.165, 1.54) is 6.08 Å². The number of esters is 1. The topological polar surface area (TPSA) is 64.6 Å². The molecule has 146 valence electrons. The SMILES string of the molecule is C=CC(C)(C)OC(=O)[C@H](C)NC(=O)OCC1c2ccccc2-c2ccccc21. The molecule has 0 spiro atoms. The first kappa shape index (κ1) is 19.7. The van der Waals surface area contributed by atoms with E-state index in [1.807, 2.05) is 24.3 Å². The lowest BCUT2D eigenvalue weighted by Gasteiger charge is -2.23. The largest absolute Gasteiger partial charge is 0.454 e. The molecular formula is C23H25NO4. The van der Waals surface area contributed by atoms with E-state index in [1.54, 1.807) is 20.8 Å². The predicted octanol–water partition coefficient (Wildman–Crippen LogP) is 4.42. The first-order valence-corrected chi connectivity index (χ1v) is 9.30. The van der Waals surface area contributed by atoms with Crippen molar-refractivity contribution in [3.8, 4) is 11.1 Å². The summed E-state index contributed by atoms with van der Waals surface area (Å²) in [4.78, 5) is 24.3. The molecule has 2 aromatic rings. The normalized spacial score (nSPS) is 13.8. The fraction of sp³-hybridized carbons (Fsp3) is 0.304. The summed E-state index contributed by atoms with van der Waals surface area (Å²) < 4.78 is 10.7. The maximum Gasteiger partial charge on any atom is 0.407 e. The van der Waals surface area contributed by atoms with E-state index >= 15 is 0 Å². The highest BCUT2D eigenvalue weighted by molar-refractivity contribution is 5.82. The molecule has 0 fully saturated rings. The molecule has 0 aromatic heterocycles. The molecule has 28 heavy (non-hydrogen) atoms. The van der Waals surface area contributed by atoms with Crippen LogP contribution in [0.1, 0.15) is 37.8 Å². The van der Waals surface area contributed by atoms with Crippen molar-refractivity contribution in [1.82, 2.24) is 5.32 Å². The molecule has 1 aliphatic carbocycles. The van der Waals surface area contributed by atoms with Gasteiger partial charge in [0, 0.05) is 5.92 Å². The van der Waals surface area contributed by atoms with Crippen LogP contribution in [0.25, 0.3) is 11.1 Å². The van der Waals surface area contributed by atoms with Crippen LogP contribution in [0.15, 0.2) is 61.2 Å². The highest BCUT2D eigenvalue weighted by atomic mass is 16.6. The van der Waals surface area contributed by atoms with Crippen molar-refractivity contribution in [3.63, 3.8) is 0 Å². The van der Waals surface area contributed by atoms with Crippen LogP contribution >= 0.6 is 0 Å². The van der Waals surface area contributed by atoms with E-state index in [-0.39, 0.29) is 12.5 Å². The van der Waals surface area contributed by atoms with E-state index in [0.29, 0.717) is 0 Å². The minimum absolute atomic E-state index is 0.0277. The van der Waals surface area contributed by atoms with Crippen LogP contribution in [0.2, 0.25) is 0 Å². The summed E-state index contributed by atoms with van der Waals surface area (Å²) in [6.45, 7) is 8.82. The van der Waals surface area contributed by atoms with E-state index in [0.717, 1.165) is 22.3 Å². The van der Waals surface area contributed by atoms with E-state index in [4.69, 9.17) is 9.47 Å². The maximum atomic E-state index is 12.2. The molecule has 1 N–H and O–H groups in total. The van der Waals surface area contributed by atoms with Crippen LogP contribution in [0, 0.1) is 0 Å². The molecule has 1 amide bonds. The Morgan fingerprint density at radius 3 is 2.18 bits per heavy atom. The van der Waals surface area contributed by atoms with Crippen LogP contribution in [-0.4, -0.2) is 30.3 Å². The summed E-state index contributed by atoms with van der Waals surface area (Å²) in [5.41, 5.74) is 3.80. The van der Waals surface area contributed by atoms with Gasteiger partial charge in [-0.2, -0.15) is 0 Å². The molecule has 5 heteroatoms. The Bertz CT molecular complexity index is 857. The number of benzene rings is 2. The number of hydrogen-bond acceptors (Lipinski definition) is 4. The summed E-state index contributed by atoms with van der Waals surface area (Å²) >= 11 is 0. The Kier molecular flexibility index (Phi) is 5.54. The second-order valence-corrected chi connectivity index (χ2v) is 7.42. The highest BCUT2D eigenvalue weighted by Gasteiger charge is 2.30. The number of rotatable bonds is 6. The Morgan fingerprint density at radius 2 is 1.64 bits per heavy atom. The van der Waals surface area contributed by atoms with Gasteiger partial charge in [-0.1, -0.05) is 55.1 Å². The second kappa shape index (κ2) is 7.89. The van der Waals surface area contributed by atoms with Crippen LogP contribution in [0.4, 0.5) is 4.79 Å². The van der Waals surface area contributed by atoms with Gasteiger partial charge in [-0.3, -0.25) is 0 Å². The molecule has 3 rings (SSSR count). The van der Waals surface area contributed by atoms with Gasteiger partial charge in [-0.25, -0.2) is 9.59 Å². The van der Waals surface area contributed by atoms with Crippen molar-refractivity contribution in [2.45, 2.75) is 38.3 Å². The summed E-state index contributed by atoms with van der Waals surface area (Å²) in [6.07, 6.45) is 0.882. The molecule has 1 aliphatic rings. The van der Waals surface area contributed by atoms with Crippen molar-refractivity contribution in [1.29, 1.82) is 0 Å². The van der Waals surface area contributed by atoms with Gasteiger partial charge in [-0.05, 0) is 49.1 Å². The zero-order chi connectivity index (χ0) is 20.3. The molecule has 0 aliphatic heterocycles. The minimum atomic E-state index is -0.824. The Balaban J connectivity index is 1.62. The van der Waals surface area contributed by atoms with Crippen molar-refractivity contribution in [2.24, 2.45) is 0 Å². The monoisotopic (exact) mass is 379 g/mol. The summed E-state index contributed by atoms with van der Waals surface area (Å²) in [5.74, 6) is -0.571. The zero-order valence-electron chi connectivity index (χ0n) is 16.4. The van der Waals surface area contributed by atoms with Gasteiger partial charge in [-0.15, -0.1) is 0 Å². The third-order valence-electron chi connectivity index (χ3n) is 4.89. The smallest absolute Gasteiger partial charge is 0.407 e. The molecule has 0 bridgehead atoms. The Morgan fingerprint density at radius 1 is 1.11 bits per heavy atom. The molecule has 5 nitrogen and oxygen atoms in total. The standard InChI is InChI=1S/C23H25NO4/c1-5-23(3,4)28-21(25)15(2)24-22(26)27-14-20-18-12-8-6-10-16(18)17-11-7-9-13-19(17)20/h5-13,15,20H,1,14H2,2-4H3,(H,24,26)/t15-/m0/s1. The van der Waals surface area contributed by atoms with Crippen molar-refractivity contribution in [2.75, 3.05) is 6.61 Å². The minimum Gasteiger partial charge on any atom is -0.454 e. The predicted molar refractivity (Wildman–Crippen MR) is 108 cm³/mol. The second-order valence-electron chi connectivity index (χ2n) is 7.42. The zero-order valence-corrected chi connectivity index (χ0v) is 16.4. The van der Waals surface area contributed by atoms with Gasteiger partial charge in [0.1, 0.15) is 18.2 Å². The third-order valence-corrected chi connectivity index (χ3v) is 4.89. The van der Waals surface area contributed by atoms with Gasteiger partial charge in [0.05, 0.1) is 0 Å². The number of hydrogen-bond donors (Lipinski definition) is 1. The summed E-state index contributed by atoms with van der Waals surface area (Å²) in [5, 5.41) is 2.53.